The fraction of sp³-hybridized carbons (Fsp3) is 0.417. The predicted octanol–water partition coefficient (Wildman–Crippen LogP) is 7.04. The monoisotopic (exact) mass is 352 g/mol. The second-order valence-corrected chi connectivity index (χ2v) is 7.41. The lowest BCUT2D eigenvalue weighted by atomic mass is 9.77. The first-order chi connectivity index (χ1) is 12.8. The third kappa shape index (κ3) is 5.04. The lowest BCUT2D eigenvalue weighted by Crippen LogP contribution is -2.13. The third-order valence-electron chi connectivity index (χ3n) is 5.66. The van der Waals surface area contributed by atoms with Crippen LogP contribution in [0.2, 0.25) is 0 Å². The van der Waals surface area contributed by atoms with Crippen LogP contribution in [0.5, 0.6) is 0 Å². The van der Waals surface area contributed by atoms with Crippen molar-refractivity contribution in [2.45, 2.75) is 51.0 Å². The number of rotatable bonds is 7. The summed E-state index contributed by atoms with van der Waals surface area (Å²) >= 11 is 0. The van der Waals surface area contributed by atoms with Crippen molar-refractivity contribution in [3.8, 4) is 11.1 Å². The van der Waals surface area contributed by atoms with Gasteiger partial charge in [0.2, 0.25) is 0 Å². The molecular weight excluding hydrogens is 323 g/mol. The number of halogens is 1. The standard InChI is InChI=1S/C24H29FO/c1-26-18-20-7-11-22(12-8-20)24-15-13-23(14-16-24)21-9-5-19(6-10-21)4-2-3-17-25/h3,7-8,11-17,19,21H,2,4-6,9-10,18H2,1H3/b17-3+. The SMILES string of the molecule is COCc1ccc(-c2ccc(C3CCC(CC/C=C/F)CC3)cc2)cc1. The molecule has 0 bridgehead atoms. The van der Waals surface area contributed by atoms with Crippen LogP contribution in [-0.2, 0) is 11.3 Å². The van der Waals surface area contributed by atoms with E-state index in [4.69, 9.17) is 4.74 Å². The Morgan fingerprint density at radius 2 is 1.54 bits per heavy atom. The molecule has 0 saturated heterocycles. The Morgan fingerprint density at radius 3 is 2.12 bits per heavy atom. The molecule has 0 spiro atoms. The van der Waals surface area contributed by atoms with Crippen molar-refractivity contribution in [3.63, 3.8) is 0 Å². The van der Waals surface area contributed by atoms with E-state index in [0.717, 1.165) is 18.8 Å². The second-order valence-electron chi connectivity index (χ2n) is 7.41. The van der Waals surface area contributed by atoms with Gasteiger partial charge in [0.15, 0.2) is 0 Å². The second kappa shape index (κ2) is 9.68. The van der Waals surface area contributed by atoms with Crippen molar-refractivity contribution in [2.24, 2.45) is 5.92 Å². The third-order valence-corrected chi connectivity index (χ3v) is 5.66. The molecule has 2 aromatic rings. The van der Waals surface area contributed by atoms with Crippen molar-refractivity contribution in [1.29, 1.82) is 0 Å². The molecule has 0 unspecified atom stereocenters. The smallest absolute Gasteiger partial charge is 0.0827 e. The minimum Gasteiger partial charge on any atom is -0.380 e. The number of hydrogen-bond donors (Lipinski definition) is 0. The molecule has 0 heterocycles. The molecule has 0 atom stereocenters. The molecule has 26 heavy (non-hydrogen) atoms. The van der Waals surface area contributed by atoms with Gasteiger partial charge >= 0.3 is 0 Å². The van der Waals surface area contributed by atoms with E-state index in [0.29, 0.717) is 18.9 Å². The molecule has 0 amide bonds. The van der Waals surface area contributed by atoms with Gasteiger partial charge in [0.1, 0.15) is 0 Å². The number of allylic oxidation sites excluding steroid dienone is 1. The molecule has 1 aliphatic rings. The molecular formula is C24H29FO. The summed E-state index contributed by atoms with van der Waals surface area (Å²) in [5.74, 6) is 1.45. The van der Waals surface area contributed by atoms with E-state index in [2.05, 4.69) is 48.5 Å². The zero-order valence-corrected chi connectivity index (χ0v) is 15.7. The molecule has 2 heteroatoms. The zero-order valence-electron chi connectivity index (χ0n) is 15.7. The van der Waals surface area contributed by atoms with Crippen molar-refractivity contribution in [3.05, 3.63) is 72.1 Å². The summed E-state index contributed by atoms with van der Waals surface area (Å²) < 4.78 is 17.2. The summed E-state index contributed by atoms with van der Waals surface area (Å²) in [5.41, 5.74) is 5.18. The number of benzene rings is 2. The van der Waals surface area contributed by atoms with Crippen LogP contribution in [0.25, 0.3) is 11.1 Å². The maximum atomic E-state index is 12.1. The predicted molar refractivity (Wildman–Crippen MR) is 107 cm³/mol. The van der Waals surface area contributed by atoms with Crippen LogP contribution in [-0.4, -0.2) is 7.11 Å². The molecule has 0 radical (unpaired) electrons. The van der Waals surface area contributed by atoms with E-state index < -0.39 is 0 Å². The lowest BCUT2D eigenvalue weighted by Gasteiger charge is -2.28. The summed E-state index contributed by atoms with van der Waals surface area (Å²) in [7, 11) is 1.72. The van der Waals surface area contributed by atoms with Crippen LogP contribution < -0.4 is 0 Å². The lowest BCUT2D eigenvalue weighted by molar-refractivity contribution is 0.185. The van der Waals surface area contributed by atoms with Crippen molar-refractivity contribution in [2.75, 3.05) is 7.11 Å². The topological polar surface area (TPSA) is 9.23 Å². The van der Waals surface area contributed by atoms with Crippen LogP contribution in [0, 0.1) is 5.92 Å². The van der Waals surface area contributed by atoms with E-state index in [9.17, 15) is 4.39 Å². The summed E-state index contributed by atoms with van der Waals surface area (Å²) in [6.07, 6.45) is 9.39. The number of methoxy groups -OCH3 is 1. The first-order valence-electron chi connectivity index (χ1n) is 9.73. The summed E-state index contributed by atoms with van der Waals surface area (Å²) in [6.45, 7) is 0.659. The van der Waals surface area contributed by atoms with Crippen LogP contribution in [0.3, 0.4) is 0 Å². The largest absolute Gasteiger partial charge is 0.380 e. The van der Waals surface area contributed by atoms with Gasteiger partial charge in [-0.2, -0.15) is 0 Å². The minimum atomic E-state index is 0.659. The number of ether oxygens (including phenoxy) is 1. The fourth-order valence-electron chi connectivity index (χ4n) is 4.09. The molecule has 1 aliphatic carbocycles. The molecule has 1 fully saturated rings. The molecule has 0 N–H and O–H groups in total. The Bertz CT molecular complexity index is 679. The Morgan fingerprint density at radius 1 is 0.923 bits per heavy atom. The van der Waals surface area contributed by atoms with Gasteiger partial charge < -0.3 is 4.74 Å². The van der Waals surface area contributed by atoms with Crippen molar-refractivity contribution >= 4 is 0 Å². The van der Waals surface area contributed by atoms with Crippen LogP contribution in [0.4, 0.5) is 4.39 Å². The normalized spacial score (nSPS) is 20.5. The number of hydrogen-bond acceptors (Lipinski definition) is 1. The fourth-order valence-corrected chi connectivity index (χ4v) is 4.09. The van der Waals surface area contributed by atoms with Crippen LogP contribution in [0.15, 0.2) is 60.9 Å². The average Bonchev–Trinajstić information content (AvgIpc) is 2.70. The van der Waals surface area contributed by atoms with E-state index in [-0.39, 0.29) is 0 Å². The van der Waals surface area contributed by atoms with Gasteiger partial charge in [0.25, 0.3) is 0 Å². The molecule has 3 rings (SSSR count). The van der Waals surface area contributed by atoms with E-state index in [1.165, 1.54) is 47.9 Å². The quantitative estimate of drug-likeness (QED) is 0.519. The van der Waals surface area contributed by atoms with Gasteiger partial charge in [-0.15, -0.1) is 0 Å². The van der Waals surface area contributed by atoms with Gasteiger partial charge in [0, 0.05) is 7.11 Å². The Balaban J connectivity index is 1.56. The molecule has 1 nitrogen and oxygen atoms in total. The van der Waals surface area contributed by atoms with E-state index in [1.54, 1.807) is 13.2 Å². The van der Waals surface area contributed by atoms with Crippen molar-refractivity contribution in [1.82, 2.24) is 0 Å². The summed E-state index contributed by atoms with van der Waals surface area (Å²) in [5, 5.41) is 0. The first kappa shape index (κ1) is 18.8. The molecule has 138 valence electrons. The Labute approximate surface area is 156 Å². The van der Waals surface area contributed by atoms with E-state index >= 15 is 0 Å². The highest BCUT2D eigenvalue weighted by Crippen LogP contribution is 2.38. The van der Waals surface area contributed by atoms with E-state index in [1.807, 2.05) is 0 Å². The molecule has 1 saturated carbocycles. The molecule has 0 aromatic heterocycles. The Hall–Kier alpha value is -1.93. The maximum absolute atomic E-state index is 12.1. The first-order valence-corrected chi connectivity index (χ1v) is 9.73. The van der Waals surface area contributed by atoms with Crippen molar-refractivity contribution < 1.29 is 9.13 Å². The average molecular weight is 352 g/mol. The minimum absolute atomic E-state index is 0.659. The van der Waals surface area contributed by atoms with Gasteiger partial charge in [-0.3, -0.25) is 0 Å². The molecule has 0 aliphatic heterocycles. The maximum Gasteiger partial charge on any atom is 0.0827 e. The van der Waals surface area contributed by atoms with Crippen LogP contribution in [0.1, 0.15) is 55.6 Å². The summed E-state index contributed by atoms with van der Waals surface area (Å²) in [6, 6.07) is 17.7. The Kier molecular flexibility index (Phi) is 7.02. The van der Waals surface area contributed by atoms with Gasteiger partial charge in [-0.1, -0.05) is 54.6 Å². The highest BCUT2D eigenvalue weighted by atomic mass is 19.1. The highest BCUT2D eigenvalue weighted by Gasteiger charge is 2.21. The zero-order chi connectivity index (χ0) is 18.2. The molecule has 2 aromatic carbocycles. The summed E-state index contributed by atoms with van der Waals surface area (Å²) in [4.78, 5) is 0. The van der Waals surface area contributed by atoms with Gasteiger partial charge in [0.05, 0.1) is 12.9 Å². The van der Waals surface area contributed by atoms with Gasteiger partial charge in [-0.25, -0.2) is 4.39 Å². The highest BCUT2D eigenvalue weighted by molar-refractivity contribution is 5.64. The van der Waals surface area contributed by atoms with Crippen LogP contribution >= 0.6 is 0 Å². The van der Waals surface area contributed by atoms with Gasteiger partial charge in [-0.05, 0) is 72.6 Å².